The van der Waals surface area contributed by atoms with Gasteiger partial charge in [0.25, 0.3) is 0 Å². The van der Waals surface area contributed by atoms with Crippen LogP contribution in [0.25, 0.3) is 0 Å². The minimum absolute atomic E-state index is 0.305. The van der Waals surface area contributed by atoms with Crippen molar-refractivity contribution in [3.05, 3.63) is 57.8 Å². The lowest BCUT2D eigenvalue weighted by atomic mass is 10.1. The largest absolute Gasteiger partial charge is 0.342 e. The number of thiophene rings is 1. The maximum atomic E-state index is 12.5. The molecule has 0 aliphatic carbocycles. The minimum Gasteiger partial charge on any atom is -0.342 e. The third-order valence-electron chi connectivity index (χ3n) is 4.26. The first-order valence-electron chi connectivity index (χ1n) is 8.21. The molecule has 1 aromatic heterocycles. The molecule has 2 aromatic rings. The number of hydrogen-bond acceptors (Lipinski definition) is 3. The minimum atomic E-state index is 0.305. The zero-order chi connectivity index (χ0) is 16.1. The van der Waals surface area contributed by atoms with Gasteiger partial charge in [-0.15, -0.1) is 11.3 Å². The molecule has 3 rings (SSSR count). The summed E-state index contributed by atoms with van der Waals surface area (Å²) in [6.07, 6.45) is 2.54. The van der Waals surface area contributed by atoms with Crippen molar-refractivity contribution in [2.45, 2.75) is 31.4 Å². The highest BCUT2D eigenvalue weighted by Gasteiger charge is 2.22. The van der Waals surface area contributed by atoms with Gasteiger partial charge in [-0.05, 0) is 36.8 Å². The monoisotopic (exact) mass is 345 g/mol. The summed E-state index contributed by atoms with van der Waals surface area (Å²) in [6, 6.07) is 12.8. The molecule has 1 amide bonds. The van der Waals surface area contributed by atoms with Crippen LogP contribution in [0.15, 0.2) is 41.8 Å². The summed E-state index contributed by atoms with van der Waals surface area (Å²) in [5, 5.41) is 2.70. The lowest BCUT2D eigenvalue weighted by molar-refractivity contribution is -0.130. The Morgan fingerprint density at radius 1 is 1.26 bits per heavy atom. The molecule has 4 heteroatoms. The predicted octanol–water partition coefficient (Wildman–Crippen LogP) is 4.70. The molecule has 1 saturated heterocycles. The molecule has 0 radical (unpaired) electrons. The summed E-state index contributed by atoms with van der Waals surface area (Å²) in [6.45, 7) is 3.88. The third kappa shape index (κ3) is 4.61. The van der Waals surface area contributed by atoms with E-state index in [9.17, 15) is 4.79 Å². The first-order chi connectivity index (χ1) is 11.2. The number of rotatable bonds is 4. The average Bonchev–Trinajstić information content (AvgIpc) is 2.97. The maximum Gasteiger partial charge on any atom is 0.222 e. The van der Waals surface area contributed by atoms with Crippen molar-refractivity contribution in [2.24, 2.45) is 0 Å². The van der Waals surface area contributed by atoms with Crippen molar-refractivity contribution in [3.8, 4) is 0 Å². The van der Waals surface area contributed by atoms with Crippen molar-refractivity contribution in [1.82, 2.24) is 4.90 Å². The van der Waals surface area contributed by atoms with E-state index >= 15 is 0 Å². The third-order valence-corrected chi connectivity index (χ3v) is 6.71. The number of carbonyl (C=O) groups is 1. The lowest BCUT2D eigenvalue weighted by Crippen LogP contribution is -2.33. The molecule has 122 valence electrons. The van der Waals surface area contributed by atoms with Crippen LogP contribution >= 0.6 is 23.1 Å². The first kappa shape index (κ1) is 16.6. The molecule has 2 heterocycles. The van der Waals surface area contributed by atoms with E-state index in [4.69, 9.17) is 0 Å². The topological polar surface area (TPSA) is 20.3 Å². The van der Waals surface area contributed by atoms with Crippen LogP contribution in [0.1, 0.15) is 34.1 Å². The van der Waals surface area contributed by atoms with Gasteiger partial charge in [0.15, 0.2) is 0 Å². The van der Waals surface area contributed by atoms with Crippen LogP contribution in [0.5, 0.6) is 0 Å². The number of benzene rings is 1. The fourth-order valence-corrected chi connectivity index (χ4v) is 5.24. The predicted molar refractivity (Wildman–Crippen MR) is 100 cm³/mol. The van der Waals surface area contributed by atoms with Crippen LogP contribution in [0.3, 0.4) is 0 Å². The summed E-state index contributed by atoms with van der Waals surface area (Å²) in [4.78, 5) is 16.0. The second-order valence-electron chi connectivity index (χ2n) is 6.03. The summed E-state index contributed by atoms with van der Waals surface area (Å²) < 4.78 is 0. The van der Waals surface area contributed by atoms with Crippen molar-refractivity contribution in [1.29, 1.82) is 0 Å². The molecule has 0 N–H and O–H groups in total. The number of thioether (sulfide) groups is 1. The van der Waals surface area contributed by atoms with Crippen LogP contribution in [-0.4, -0.2) is 29.6 Å². The molecule has 0 spiro atoms. The number of hydrogen-bond donors (Lipinski definition) is 0. The van der Waals surface area contributed by atoms with Crippen molar-refractivity contribution < 1.29 is 4.79 Å². The second kappa shape index (κ2) is 8.02. The van der Waals surface area contributed by atoms with Crippen molar-refractivity contribution in [2.75, 3.05) is 18.8 Å². The van der Waals surface area contributed by atoms with E-state index in [-0.39, 0.29) is 0 Å². The van der Waals surface area contributed by atoms with Crippen LogP contribution in [-0.2, 0) is 11.2 Å². The molecule has 23 heavy (non-hydrogen) atoms. The first-order valence-corrected chi connectivity index (χ1v) is 10.1. The second-order valence-corrected chi connectivity index (χ2v) is 8.32. The highest BCUT2D eigenvalue weighted by molar-refractivity contribution is 7.99. The zero-order valence-electron chi connectivity index (χ0n) is 13.5. The highest BCUT2D eigenvalue weighted by atomic mass is 32.2. The Hall–Kier alpha value is -1.26. The van der Waals surface area contributed by atoms with Gasteiger partial charge in [0, 0.05) is 35.4 Å². The fraction of sp³-hybridized carbons (Fsp3) is 0.421. The SMILES string of the molecule is Cc1cccc(CCC(=O)N2CCSC(c3cccs3)CC2)c1. The molecule has 1 unspecified atom stereocenters. The van der Waals surface area contributed by atoms with Crippen molar-refractivity contribution in [3.63, 3.8) is 0 Å². The quantitative estimate of drug-likeness (QED) is 0.801. The van der Waals surface area contributed by atoms with Crippen LogP contribution in [0, 0.1) is 6.92 Å². The van der Waals surface area contributed by atoms with E-state index in [1.54, 1.807) is 0 Å². The summed E-state index contributed by atoms with van der Waals surface area (Å²) in [5.74, 6) is 1.34. The van der Waals surface area contributed by atoms with E-state index in [1.165, 1.54) is 16.0 Å². The smallest absolute Gasteiger partial charge is 0.222 e. The zero-order valence-corrected chi connectivity index (χ0v) is 15.2. The van der Waals surface area contributed by atoms with Gasteiger partial charge in [-0.3, -0.25) is 4.79 Å². The molecule has 1 aliphatic rings. The Morgan fingerprint density at radius 2 is 2.17 bits per heavy atom. The van der Waals surface area contributed by atoms with E-state index in [1.807, 2.05) is 23.1 Å². The number of nitrogens with zero attached hydrogens (tertiary/aromatic N) is 1. The Labute approximate surface area is 146 Å². The van der Waals surface area contributed by atoms with Crippen molar-refractivity contribution >= 4 is 29.0 Å². The summed E-state index contributed by atoms with van der Waals surface area (Å²) in [7, 11) is 0. The van der Waals surface area contributed by atoms with E-state index in [0.29, 0.717) is 17.6 Å². The fourth-order valence-electron chi connectivity index (χ4n) is 3.00. The molecule has 0 bridgehead atoms. The van der Waals surface area contributed by atoms with Gasteiger partial charge in [-0.1, -0.05) is 35.9 Å². The van der Waals surface area contributed by atoms with Gasteiger partial charge in [0.2, 0.25) is 5.91 Å². The molecular formula is C19H23NOS2. The van der Waals surface area contributed by atoms with Crippen LogP contribution < -0.4 is 0 Å². The number of carbonyl (C=O) groups excluding carboxylic acids is 1. The molecule has 1 fully saturated rings. The highest BCUT2D eigenvalue weighted by Crippen LogP contribution is 2.36. The molecule has 2 nitrogen and oxygen atoms in total. The Bertz CT molecular complexity index is 639. The van der Waals surface area contributed by atoms with E-state index in [2.05, 4.69) is 53.6 Å². The van der Waals surface area contributed by atoms with Gasteiger partial charge >= 0.3 is 0 Å². The number of aryl methyl sites for hydroxylation is 2. The van der Waals surface area contributed by atoms with E-state index < -0.39 is 0 Å². The molecular weight excluding hydrogens is 322 g/mol. The van der Waals surface area contributed by atoms with Gasteiger partial charge in [0.1, 0.15) is 0 Å². The summed E-state index contributed by atoms with van der Waals surface area (Å²) >= 11 is 3.83. The van der Waals surface area contributed by atoms with Gasteiger partial charge in [-0.25, -0.2) is 0 Å². The van der Waals surface area contributed by atoms with E-state index in [0.717, 1.165) is 31.7 Å². The molecule has 1 aliphatic heterocycles. The Kier molecular flexibility index (Phi) is 5.79. The molecule has 1 aromatic carbocycles. The van der Waals surface area contributed by atoms with Crippen LogP contribution in [0.4, 0.5) is 0 Å². The maximum absolute atomic E-state index is 12.5. The van der Waals surface area contributed by atoms with Gasteiger partial charge in [-0.2, -0.15) is 11.8 Å². The van der Waals surface area contributed by atoms with Gasteiger partial charge < -0.3 is 4.90 Å². The van der Waals surface area contributed by atoms with Crippen LogP contribution in [0.2, 0.25) is 0 Å². The number of amides is 1. The standard InChI is InChI=1S/C19H23NOS2/c1-15-4-2-5-16(14-15)7-8-19(21)20-10-9-18(23-13-11-20)17-6-3-12-22-17/h2-6,12,14,18H,7-11,13H2,1H3. The molecule has 1 atom stereocenters. The lowest BCUT2D eigenvalue weighted by Gasteiger charge is -2.20. The summed E-state index contributed by atoms with van der Waals surface area (Å²) in [5.41, 5.74) is 2.53. The average molecular weight is 346 g/mol. The Balaban J connectivity index is 1.52. The molecule has 0 saturated carbocycles. The van der Waals surface area contributed by atoms with Gasteiger partial charge in [0.05, 0.1) is 0 Å². The Morgan fingerprint density at radius 3 is 2.96 bits per heavy atom. The normalized spacial score (nSPS) is 18.7.